The Labute approximate surface area is 141 Å². The van der Waals surface area contributed by atoms with Crippen molar-refractivity contribution in [3.8, 4) is 12.8 Å². The first kappa shape index (κ1) is 18.3. The molecular weight excluding hydrogens is 312 g/mol. The molecule has 1 aliphatic heterocycles. The van der Waals surface area contributed by atoms with Crippen LogP contribution in [0.4, 0.5) is 0 Å². The van der Waals surface area contributed by atoms with Gasteiger partial charge in [-0.1, -0.05) is 29.8 Å². The number of allylic oxidation sites excluding steroid dienone is 1. The van der Waals surface area contributed by atoms with Crippen LogP contribution in [-0.2, 0) is 11.3 Å². The lowest BCUT2D eigenvalue weighted by Crippen LogP contribution is -2.24. The number of carbonyl (C=O) groups is 1. The largest absolute Gasteiger partial charge is 0.385 e. The van der Waals surface area contributed by atoms with Gasteiger partial charge in [0.2, 0.25) is 0 Å². The maximum atomic E-state index is 12.1. The van der Waals surface area contributed by atoms with E-state index in [9.17, 15) is 4.79 Å². The van der Waals surface area contributed by atoms with Gasteiger partial charge >= 0.3 is 0 Å². The number of carbonyl (C=O) groups excluding carboxylic acids is 1. The van der Waals surface area contributed by atoms with Gasteiger partial charge in [0.15, 0.2) is 0 Å². The zero-order valence-electron chi connectivity index (χ0n) is 12.8. The van der Waals surface area contributed by atoms with Crippen molar-refractivity contribution in [2.45, 2.75) is 19.9 Å². The maximum absolute atomic E-state index is 12.1. The predicted octanol–water partition coefficient (Wildman–Crippen LogP) is 2.30. The fraction of sp³-hybridized carbons (Fsp3) is 0.176. The minimum Gasteiger partial charge on any atom is -0.385 e. The Morgan fingerprint density at radius 2 is 2.26 bits per heavy atom. The Bertz CT molecular complexity index is 674. The standard InChI is InChI=1S/C15H17ClN4O.C2H2/c1-2-11(7-13-8-14(17)20-19-13)15(21)18-9-10-4-3-5-12(16)6-10;1-2/h2-7,19H,8-9H2,1H3,(H2,17,20)(H,18,21);1-2H/b11-2+,13-7+;. The van der Waals surface area contributed by atoms with Gasteiger partial charge in [-0.05, 0) is 30.7 Å². The first-order chi connectivity index (χ1) is 11.1. The molecule has 1 heterocycles. The number of nitrogens with two attached hydrogens (primary N) is 1. The molecular formula is C17H19ClN4O. The Hall–Kier alpha value is -2.71. The summed E-state index contributed by atoms with van der Waals surface area (Å²) in [5, 5.41) is 7.38. The van der Waals surface area contributed by atoms with Crippen molar-refractivity contribution in [3.05, 3.63) is 58.3 Å². The van der Waals surface area contributed by atoms with Crippen LogP contribution < -0.4 is 16.5 Å². The van der Waals surface area contributed by atoms with Gasteiger partial charge in [-0.2, -0.15) is 5.10 Å². The van der Waals surface area contributed by atoms with Crippen molar-refractivity contribution in [2.75, 3.05) is 0 Å². The summed E-state index contributed by atoms with van der Waals surface area (Å²) in [5.74, 6) is 0.355. The molecule has 1 aromatic rings. The van der Waals surface area contributed by atoms with E-state index in [0.29, 0.717) is 29.4 Å². The summed E-state index contributed by atoms with van der Waals surface area (Å²) in [4.78, 5) is 12.1. The first-order valence-electron chi connectivity index (χ1n) is 6.89. The molecule has 1 aromatic carbocycles. The Kier molecular flexibility index (Phi) is 7.44. The van der Waals surface area contributed by atoms with Crippen LogP contribution in [0.25, 0.3) is 0 Å². The number of hydrogen-bond donors (Lipinski definition) is 3. The topological polar surface area (TPSA) is 79.5 Å². The van der Waals surface area contributed by atoms with E-state index in [2.05, 4.69) is 28.7 Å². The lowest BCUT2D eigenvalue weighted by molar-refractivity contribution is -0.117. The number of nitrogens with one attached hydrogen (secondary N) is 2. The highest BCUT2D eigenvalue weighted by molar-refractivity contribution is 6.30. The zero-order chi connectivity index (χ0) is 17.2. The molecule has 0 bridgehead atoms. The number of hydrogen-bond acceptors (Lipinski definition) is 4. The number of rotatable bonds is 4. The summed E-state index contributed by atoms with van der Waals surface area (Å²) in [6, 6.07) is 7.38. The van der Waals surface area contributed by atoms with E-state index in [1.807, 2.05) is 25.1 Å². The molecule has 2 rings (SSSR count). The third-order valence-corrected chi connectivity index (χ3v) is 3.19. The average Bonchev–Trinajstić information content (AvgIpc) is 2.97. The van der Waals surface area contributed by atoms with Crippen LogP contribution in [0.1, 0.15) is 18.9 Å². The molecule has 0 saturated heterocycles. The van der Waals surface area contributed by atoms with E-state index in [4.69, 9.17) is 17.3 Å². The summed E-state index contributed by atoms with van der Waals surface area (Å²) in [6.45, 7) is 2.23. The molecule has 120 valence electrons. The van der Waals surface area contributed by atoms with Crippen LogP contribution in [-0.4, -0.2) is 11.7 Å². The van der Waals surface area contributed by atoms with Gasteiger partial charge in [-0.15, -0.1) is 12.8 Å². The Morgan fingerprint density at radius 3 is 2.83 bits per heavy atom. The van der Waals surface area contributed by atoms with Gasteiger partial charge < -0.3 is 11.1 Å². The van der Waals surface area contributed by atoms with Crippen LogP contribution in [0.15, 0.2) is 52.8 Å². The van der Waals surface area contributed by atoms with Crippen molar-refractivity contribution >= 4 is 23.3 Å². The van der Waals surface area contributed by atoms with Gasteiger partial charge in [0.1, 0.15) is 5.84 Å². The second-order valence-electron chi connectivity index (χ2n) is 4.62. The smallest absolute Gasteiger partial charge is 0.251 e. The van der Waals surface area contributed by atoms with E-state index >= 15 is 0 Å². The molecule has 6 heteroatoms. The minimum absolute atomic E-state index is 0.155. The Morgan fingerprint density at radius 1 is 1.52 bits per heavy atom. The second-order valence-corrected chi connectivity index (χ2v) is 5.05. The van der Waals surface area contributed by atoms with Crippen LogP contribution in [0, 0.1) is 12.8 Å². The highest BCUT2D eigenvalue weighted by atomic mass is 35.5. The molecule has 0 aromatic heterocycles. The van der Waals surface area contributed by atoms with Crippen LogP contribution in [0.5, 0.6) is 0 Å². The molecule has 1 amide bonds. The van der Waals surface area contributed by atoms with E-state index in [1.165, 1.54) is 0 Å². The average molecular weight is 331 g/mol. The molecule has 0 fully saturated rings. The molecule has 0 radical (unpaired) electrons. The van der Waals surface area contributed by atoms with E-state index < -0.39 is 0 Å². The molecule has 4 N–H and O–H groups in total. The predicted molar refractivity (Wildman–Crippen MR) is 94.4 cm³/mol. The number of terminal acetylenes is 1. The fourth-order valence-corrected chi connectivity index (χ4v) is 2.11. The lowest BCUT2D eigenvalue weighted by atomic mass is 10.1. The normalized spacial score (nSPS) is 15.2. The summed E-state index contributed by atoms with van der Waals surface area (Å²) in [7, 11) is 0. The van der Waals surface area contributed by atoms with Crippen molar-refractivity contribution in [2.24, 2.45) is 10.8 Å². The molecule has 0 saturated carbocycles. The van der Waals surface area contributed by atoms with Crippen molar-refractivity contribution in [3.63, 3.8) is 0 Å². The number of amidine groups is 1. The highest BCUT2D eigenvalue weighted by Gasteiger charge is 2.12. The molecule has 0 unspecified atom stereocenters. The second kappa shape index (κ2) is 9.34. The minimum atomic E-state index is -0.155. The van der Waals surface area contributed by atoms with Crippen LogP contribution in [0.3, 0.4) is 0 Å². The molecule has 0 spiro atoms. The van der Waals surface area contributed by atoms with Crippen LogP contribution >= 0.6 is 11.6 Å². The van der Waals surface area contributed by atoms with Crippen LogP contribution in [0.2, 0.25) is 5.02 Å². The quantitative estimate of drug-likeness (QED) is 0.585. The zero-order valence-corrected chi connectivity index (χ0v) is 13.6. The summed E-state index contributed by atoms with van der Waals surface area (Å²) >= 11 is 5.91. The lowest BCUT2D eigenvalue weighted by Gasteiger charge is -2.07. The fourth-order valence-electron chi connectivity index (χ4n) is 1.90. The van der Waals surface area contributed by atoms with Crippen molar-refractivity contribution in [1.82, 2.24) is 10.7 Å². The number of nitrogens with zero attached hydrogens (tertiary/aromatic N) is 1. The molecule has 23 heavy (non-hydrogen) atoms. The van der Waals surface area contributed by atoms with E-state index in [1.54, 1.807) is 18.2 Å². The van der Waals surface area contributed by atoms with Gasteiger partial charge in [0.25, 0.3) is 5.91 Å². The van der Waals surface area contributed by atoms with Gasteiger partial charge in [-0.25, -0.2) is 0 Å². The van der Waals surface area contributed by atoms with Crippen molar-refractivity contribution in [1.29, 1.82) is 0 Å². The first-order valence-corrected chi connectivity index (χ1v) is 7.27. The third-order valence-electron chi connectivity index (χ3n) is 2.96. The van der Waals surface area contributed by atoms with Gasteiger partial charge in [-0.3, -0.25) is 10.2 Å². The molecule has 1 aliphatic rings. The van der Waals surface area contributed by atoms with E-state index in [-0.39, 0.29) is 5.91 Å². The number of hydrazone groups is 1. The van der Waals surface area contributed by atoms with Crippen molar-refractivity contribution < 1.29 is 4.79 Å². The Balaban J connectivity index is 0.00000127. The number of halogens is 1. The van der Waals surface area contributed by atoms with E-state index in [0.717, 1.165) is 11.3 Å². The summed E-state index contributed by atoms with van der Waals surface area (Å²) in [6.07, 6.45) is 12.0. The molecule has 0 aliphatic carbocycles. The molecule has 0 atom stereocenters. The maximum Gasteiger partial charge on any atom is 0.251 e. The van der Waals surface area contributed by atoms with Gasteiger partial charge in [0.05, 0.1) is 0 Å². The highest BCUT2D eigenvalue weighted by Crippen LogP contribution is 2.12. The number of benzene rings is 1. The SMILES string of the molecule is C#C.C/C=C(\C=C1/CC(N)=NN1)C(=O)NCc1cccc(Cl)c1. The number of amides is 1. The molecule has 5 nitrogen and oxygen atoms in total. The summed E-state index contributed by atoms with van der Waals surface area (Å²) < 4.78 is 0. The summed E-state index contributed by atoms with van der Waals surface area (Å²) in [5.41, 5.74) is 10.7. The van der Waals surface area contributed by atoms with Gasteiger partial charge in [0, 0.05) is 29.3 Å². The third kappa shape index (κ3) is 5.89. The monoisotopic (exact) mass is 330 g/mol.